The highest BCUT2D eigenvalue weighted by atomic mass is 31.2. The molecule has 0 aromatic heterocycles. The smallest absolute Gasteiger partial charge is 0.456 e. The van der Waals surface area contributed by atoms with E-state index in [1.165, 1.54) is 167 Å². The van der Waals surface area contributed by atoms with Crippen molar-refractivity contribution >= 4 is 19.7 Å². The molecule has 71 heavy (non-hydrogen) atoms. The van der Waals surface area contributed by atoms with Gasteiger partial charge in [0.05, 0.1) is 33.8 Å². The normalized spacial score (nSPS) is 14.1. The summed E-state index contributed by atoms with van der Waals surface area (Å²) in [5.41, 5.74) is 0. The van der Waals surface area contributed by atoms with Gasteiger partial charge in [0.15, 0.2) is 0 Å². The van der Waals surface area contributed by atoms with E-state index < -0.39 is 20.0 Å². The molecular formula is C61H116N2O7P+. The number of amides is 1. The fourth-order valence-electron chi connectivity index (χ4n) is 8.55. The maximum atomic E-state index is 13.5. The quantitative estimate of drug-likeness (QED) is 0.0205. The minimum absolute atomic E-state index is 0.0371. The lowest BCUT2D eigenvalue weighted by Crippen LogP contribution is -2.47. The topological polar surface area (TPSA) is 111 Å². The highest BCUT2D eigenvalue weighted by molar-refractivity contribution is 7.47. The molecule has 0 aliphatic heterocycles. The summed E-state index contributed by atoms with van der Waals surface area (Å²) in [5, 5.41) is 3.04. The number of carbonyl (C=O) groups is 2. The standard InChI is InChI=1S/C61H115N2O7P/c1-7-10-13-16-19-22-25-28-29-30-31-32-33-36-39-42-45-48-51-54-61(65)70-59(52-49-46-43-40-37-34-26-23-20-17-14-11-8-2)58(57-69-71(66,67)68-56-55-63(4,5)6)62-60(64)53-50-47-44-41-38-35-27-24-21-18-15-12-9-3/h19,22,28-29,35,38,49,52,58-59H,7-18,20-21,23-27,30-34,36-37,39-48,50-51,53-57H2,1-6H3,(H-,62,64,66,67)/p+1/b22-19-,29-28-,38-35-,52-49-. The van der Waals surface area contributed by atoms with Gasteiger partial charge in [0.25, 0.3) is 0 Å². The molecule has 416 valence electrons. The zero-order chi connectivity index (χ0) is 52.2. The number of hydrogen-bond acceptors (Lipinski definition) is 6. The third-order valence-corrected chi connectivity index (χ3v) is 14.2. The zero-order valence-electron chi connectivity index (χ0n) is 47.5. The number of hydrogen-bond donors (Lipinski definition) is 2. The number of unbranched alkanes of at least 4 members (excludes halogenated alkanes) is 32. The predicted molar refractivity (Wildman–Crippen MR) is 305 cm³/mol. The molecule has 0 radical (unpaired) electrons. The number of quaternary nitrogens is 1. The lowest BCUT2D eigenvalue weighted by Gasteiger charge is -2.27. The van der Waals surface area contributed by atoms with Crippen molar-refractivity contribution in [3.8, 4) is 0 Å². The number of nitrogens with one attached hydrogen (secondary N) is 1. The second-order valence-electron chi connectivity index (χ2n) is 21.5. The lowest BCUT2D eigenvalue weighted by atomic mass is 10.0. The van der Waals surface area contributed by atoms with Crippen LogP contribution in [0.15, 0.2) is 48.6 Å². The number of likely N-dealkylation sites (N-methyl/N-ethyl adjacent to an activating group) is 1. The van der Waals surface area contributed by atoms with Gasteiger partial charge in [0, 0.05) is 12.8 Å². The van der Waals surface area contributed by atoms with Crippen molar-refractivity contribution in [2.24, 2.45) is 0 Å². The molecule has 0 aromatic carbocycles. The van der Waals surface area contributed by atoms with E-state index in [0.29, 0.717) is 17.4 Å². The predicted octanol–water partition coefficient (Wildman–Crippen LogP) is 18.1. The Balaban J connectivity index is 5.32. The van der Waals surface area contributed by atoms with Crippen LogP contribution in [0.4, 0.5) is 0 Å². The van der Waals surface area contributed by atoms with E-state index in [0.717, 1.165) is 77.0 Å². The first-order chi connectivity index (χ1) is 34.4. The zero-order valence-corrected chi connectivity index (χ0v) is 48.4. The van der Waals surface area contributed by atoms with E-state index in [1.54, 1.807) is 0 Å². The second kappa shape index (κ2) is 51.5. The fraction of sp³-hybridized carbons (Fsp3) is 0.836. The summed E-state index contributed by atoms with van der Waals surface area (Å²) in [5.74, 6) is -0.523. The molecule has 1 amide bonds. The highest BCUT2D eigenvalue weighted by Gasteiger charge is 2.30. The van der Waals surface area contributed by atoms with Gasteiger partial charge in [-0.1, -0.05) is 224 Å². The van der Waals surface area contributed by atoms with Crippen LogP contribution in [0.2, 0.25) is 0 Å². The Labute approximate surface area is 439 Å². The molecule has 0 saturated heterocycles. The number of carbonyl (C=O) groups excluding carboxylic acids is 2. The van der Waals surface area contributed by atoms with Gasteiger partial charge in [0.2, 0.25) is 5.91 Å². The first kappa shape index (κ1) is 69.0. The summed E-state index contributed by atoms with van der Waals surface area (Å²) in [6.45, 7) is 6.98. The Morgan fingerprint density at radius 3 is 1.32 bits per heavy atom. The molecule has 3 unspecified atom stereocenters. The van der Waals surface area contributed by atoms with Crippen LogP contribution in [-0.4, -0.2) is 74.3 Å². The van der Waals surface area contributed by atoms with Gasteiger partial charge < -0.3 is 19.4 Å². The Kier molecular flexibility index (Phi) is 50.0. The van der Waals surface area contributed by atoms with E-state index in [-0.39, 0.29) is 31.5 Å². The van der Waals surface area contributed by atoms with Crippen LogP contribution in [-0.2, 0) is 27.9 Å². The average Bonchev–Trinajstić information content (AvgIpc) is 3.33. The third kappa shape index (κ3) is 52.6. The molecule has 0 saturated carbocycles. The van der Waals surface area contributed by atoms with E-state index >= 15 is 0 Å². The van der Waals surface area contributed by atoms with E-state index in [1.807, 2.05) is 33.3 Å². The van der Waals surface area contributed by atoms with Crippen molar-refractivity contribution in [3.05, 3.63) is 48.6 Å². The Bertz CT molecular complexity index is 1360. The highest BCUT2D eigenvalue weighted by Crippen LogP contribution is 2.43. The molecule has 0 aromatic rings. The SMILES string of the molecule is CCCCC/C=C\C/C=C\CCCCCCCCCCCC(=O)OC(/C=C\CCCCCCCCCCCCC)C(COP(=O)(O)OCC[N+](C)(C)C)NC(=O)CCCCC/C=C\CCCCCCCC. The molecule has 0 heterocycles. The first-order valence-corrected chi connectivity index (χ1v) is 31.5. The van der Waals surface area contributed by atoms with Gasteiger partial charge in [0.1, 0.15) is 19.3 Å². The van der Waals surface area contributed by atoms with Crippen LogP contribution in [0.1, 0.15) is 278 Å². The van der Waals surface area contributed by atoms with Crippen LogP contribution in [0, 0.1) is 0 Å². The minimum atomic E-state index is -4.45. The maximum absolute atomic E-state index is 13.5. The number of esters is 1. The molecule has 3 atom stereocenters. The van der Waals surface area contributed by atoms with Gasteiger partial charge in [-0.15, -0.1) is 0 Å². The molecule has 0 aliphatic rings. The average molecular weight is 1020 g/mol. The fourth-order valence-corrected chi connectivity index (χ4v) is 9.29. The van der Waals surface area contributed by atoms with Gasteiger partial charge in [-0.3, -0.25) is 18.6 Å². The number of rotatable bonds is 54. The Morgan fingerprint density at radius 2 is 0.859 bits per heavy atom. The number of ether oxygens (including phenoxy) is 1. The van der Waals surface area contributed by atoms with Crippen molar-refractivity contribution in [1.82, 2.24) is 5.32 Å². The van der Waals surface area contributed by atoms with Crippen LogP contribution >= 0.6 is 7.82 Å². The molecule has 0 spiro atoms. The second-order valence-corrected chi connectivity index (χ2v) is 23.0. The number of phosphoric acid groups is 1. The van der Waals surface area contributed by atoms with E-state index in [4.69, 9.17) is 13.8 Å². The summed E-state index contributed by atoms with van der Waals surface area (Å²) in [4.78, 5) is 37.6. The Morgan fingerprint density at radius 1 is 0.493 bits per heavy atom. The van der Waals surface area contributed by atoms with Crippen molar-refractivity contribution in [2.45, 2.75) is 290 Å². The molecule has 0 aliphatic carbocycles. The number of nitrogens with zero attached hydrogens (tertiary/aromatic N) is 1. The summed E-state index contributed by atoms with van der Waals surface area (Å²) < 4.78 is 30.6. The lowest BCUT2D eigenvalue weighted by molar-refractivity contribution is -0.870. The third-order valence-electron chi connectivity index (χ3n) is 13.2. The molecular weight excluding hydrogens is 904 g/mol. The molecule has 0 bridgehead atoms. The van der Waals surface area contributed by atoms with Crippen molar-refractivity contribution in [2.75, 3.05) is 40.9 Å². The van der Waals surface area contributed by atoms with Gasteiger partial charge >= 0.3 is 13.8 Å². The molecule has 0 fully saturated rings. The largest absolute Gasteiger partial charge is 0.472 e. The summed E-state index contributed by atoms with van der Waals surface area (Å²) in [6.07, 6.45) is 62.4. The number of allylic oxidation sites excluding steroid dienone is 7. The maximum Gasteiger partial charge on any atom is 0.472 e. The summed E-state index contributed by atoms with van der Waals surface area (Å²) in [7, 11) is 1.49. The van der Waals surface area contributed by atoms with E-state index in [2.05, 4.69) is 62.5 Å². The Hall–Kier alpha value is -2.03. The van der Waals surface area contributed by atoms with Gasteiger partial charge in [-0.25, -0.2) is 4.57 Å². The molecule has 10 heteroatoms. The van der Waals surface area contributed by atoms with Crippen LogP contribution in [0.25, 0.3) is 0 Å². The molecule has 2 N–H and O–H groups in total. The van der Waals surface area contributed by atoms with E-state index in [9.17, 15) is 19.0 Å². The van der Waals surface area contributed by atoms with Crippen molar-refractivity contribution in [3.63, 3.8) is 0 Å². The van der Waals surface area contributed by atoms with Gasteiger partial charge in [-0.05, 0) is 89.5 Å². The number of phosphoric ester groups is 1. The van der Waals surface area contributed by atoms with Crippen molar-refractivity contribution in [1.29, 1.82) is 0 Å². The van der Waals surface area contributed by atoms with Crippen molar-refractivity contribution < 1.29 is 37.3 Å². The summed E-state index contributed by atoms with van der Waals surface area (Å²) in [6, 6.07) is -0.856. The van der Waals surface area contributed by atoms with Gasteiger partial charge in [-0.2, -0.15) is 0 Å². The van der Waals surface area contributed by atoms with Crippen LogP contribution in [0.3, 0.4) is 0 Å². The summed E-state index contributed by atoms with van der Waals surface area (Å²) >= 11 is 0. The first-order valence-electron chi connectivity index (χ1n) is 30.0. The van der Waals surface area contributed by atoms with Crippen LogP contribution < -0.4 is 5.32 Å². The minimum Gasteiger partial charge on any atom is -0.456 e. The van der Waals surface area contributed by atoms with Crippen LogP contribution in [0.5, 0.6) is 0 Å². The molecule has 0 rings (SSSR count). The monoisotopic (exact) mass is 1020 g/mol. The molecule has 9 nitrogen and oxygen atoms in total.